The monoisotopic (exact) mass is 288 g/mol. The maximum atomic E-state index is 13.7. The van der Waals surface area contributed by atoms with E-state index in [1.54, 1.807) is 30.3 Å². The van der Waals surface area contributed by atoms with Crippen molar-refractivity contribution in [3.63, 3.8) is 0 Å². The predicted molar refractivity (Wildman–Crippen MR) is 68.5 cm³/mol. The Morgan fingerprint density at radius 3 is 2.11 bits per heavy atom. The van der Waals surface area contributed by atoms with Gasteiger partial charge in [0.05, 0.1) is 11.4 Å². The first-order valence-corrected chi connectivity index (χ1v) is 5.69. The maximum Gasteiger partial charge on any atom is 0.151 e. The smallest absolute Gasteiger partial charge is 0.151 e. The lowest BCUT2D eigenvalue weighted by atomic mass is 10.2. The first-order chi connectivity index (χ1) is 8.59. The number of nitrogens with zero attached hydrogens (tertiary/aromatic N) is 2. The fourth-order valence-corrected chi connectivity index (χ4v) is 1.87. The van der Waals surface area contributed by atoms with Gasteiger partial charge in [-0.15, -0.1) is 0 Å². The molecular formula is C12H8Cl2F2N2. The zero-order valence-electron chi connectivity index (χ0n) is 9.03. The molecule has 94 valence electrons. The molecule has 0 radical (unpaired) electrons. The van der Waals surface area contributed by atoms with Crippen LogP contribution in [0.2, 0.25) is 0 Å². The van der Waals surface area contributed by atoms with Crippen LogP contribution in [0.3, 0.4) is 0 Å². The fourth-order valence-electron chi connectivity index (χ4n) is 1.53. The Morgan fingerprint density at radius 1 is 0.889 bits per heavy atom. The van der Waals surface area contributed by atoms with Gasteiger partial charge in [-0.2, -0.15) is 0 Å². The van der Waals surface area contributed by atoms with Crippen LogP contribution in [0.4, 0.5) is 20.2 Å². The molecule has 0 amide bonds. The van der Waals surface area contributed by atoms with Gasteiger partial charge < -0.3 is 0 Å². The summed E-state index contributed by atoms with van der Waals surface area (Å²) in [4.78, 5) is 0. The first kappa shape index (κ1) is 13.1. The van der Waals surface area contributed by atoms with Crippen molar-refractivity contribution in [2.75, 3.05) is 5.01 Å². The van der Waals surface area contributed by atoms with Gasteiger partial charge in [0.1, 0.15) is 5.82 Å². The molecule has 0 aliphatic carbocycles. The molecule has 0 unspecified atom stereocenters. The second kappa shape index (κ2) is 5.52. The van der Waals surface area contributed by atoms with Gasteiger partial charge in [0.25, 0.3) is 0 Å². The van der Waals surface area contributed by atoms with Crippen molar-refractivity contribution in [3.8, 4) is 0 Å². The van der Waals surface area contributed by atoms with Crippen LogP contribution in [0.15, 0.2) is 48.5 Å². The van der Waals surface area contributed by atoms with E-state index in [-0.39, 0.29) is 5.69 Å². The zero-order chi connectivity index (χ0) is 13.1. The second-order valence-electron chi connectivity index (χ2n) is 3.46. The molecule has 0 saturated carbocycles. The van der Waals surface area contributed by atoms with Gasteiger partial charge in [0.2, 0.25) is 0 Å². The summed E-state index contributed by atoms with van der Waals surface area (Å²) in [6.07, 6.45) is 0. The SMILES string of the molecule is Fc1ccc(N(c2ccccc2)N(Cl)Cl)c(F)c1. The average Bonchev–Trinajstić information content (AvgIpc) is 2.33. The molecule has 2 aromatic rings. The average molecular weight is 289 g/mol. The molecule has 2 rings (SSSR count). The van der Waals surface area contributed by atoms with Gasteiger partial charge in [-0.3, -0.25) is 0 Å². The molecule has 0 N–H and O–H groups in total. The Morgan fingerprint density at radius 2 is 1.56 bits per heavy atom. The van der Waals surface area contributed by atoms with Crippen LogP contribution < -0.4 is 5.01 Å². The molecule has 0 atom stereocenters. The molecule has 18 heavy (non-hydrogen) atoms. The van der Waals surface area contributed by atoms with Crippen molar-refractivity contribution >= 4 is 34.9 Å². The highest BCUT2D eigenvalue weighted by Crippen LogP contribution is 2.31. The molecule has 0 aliphatic rings. The number of rotatable bonds is 3. The minimum Gasteiger partial charge on any atom is -0.243 e. The van der Waals surface area contributed by atoms with Crippen molar-refractivity contribution in [2.24, 2.45) is 0 Å². The van der Waals surface area contributed by atoms with Crippen LogP contribution >= 0.6 is 23.6 Å². The number of benzene rings is 2. The summed E-state index contributed by atoms with van der Waals surface area (Å²) in [6.45, 7) is 0. The van der Waals surface area contributed by atoms with Crippen LogP contribution in [0.1, 0.15) is 0 Å². The highest BCUT2D eigenvalue weighted by atomic mass is 35.5. The number of hydrazine groups is 1. The molecule has 0 bridgehead atoms. The van der Waals surface area contributed by atoms with Crippen LogP contribution in [0.25, 0.3) is 0 Å². The summed E-state index contributed by atoms with van der Waals surface area (Å²) in [7, 11) is 0. The third-order valence-electron chi connectivity index (χ3n) is 2.29. The normalized spacial score (nSPS) is 10.7. The van der Waals surface area contributed by atoms with E-state index in [2.05, 4.69) is 0 Å². The fraction of sp³-hybridized carbons (Fsp3) is 0. The van der Waals surface area contributed by atoms with Gasteiger partial charge in [-0.1, -0.05) is 18.2 Å². The van der Waals surface area contributed by atoms with E-state index in [1.165, 1.54) is 11.1 Å². The molecule has 0 aromatic heterocycles. The molecule has 0 saturated heterocycles. The summed E-state index contributed by atoms with van der Waals surface area (Å²) < 4.78 is 27.3. The topological polar surface area (TPSA) is 6.48 Å². The summed E-state index contributed by atoms with van der Waals surface area (Å²) in [5.41, 5.74) is 0.598. The molecule has 0 heterocycles. The third kappa shape index (κ3) is 2.72. The van der Waals surface area contributed by atoms with E-state index in [0.717, 1.165) is 12.1 Å². The Bertz CT molecular complexity index is 535. The minimum atomic E-state index is -0.759. The van der Waals surface area contributed by atoms with Crippen LogP contribution in [-0.4, -0.2) is 4.05 Å². The van der Waals surface area contributed by atoms with Crippen molar-refractivity contribution < 1.29 is 8.78 Å². The standard InChI is InChI=1S/C12H8Cl2F2N2/c13-18(14)17(10-4-2-1-3-5-10)12-7-6-9(15)8-11(12)16/h1-8H. The third-order valence-corrected chi connectivity index (χ3v) is 2.59. The lowest BCUT2D eigenvalue weighted by Crippen LogP contribution is -2.25. The molecule has 2 aromatic carbocycles. The van der Waals surface area contributed by atoms with Gasteiger partial charge >= 0.3 is 0 Å². The number of para-hydroxylation sites is 1. The molecule has 0 fully saturated rings. The summed E-state index contributed by atoms with van der Waals surface area (Å²) in [5, 5.41) is 1.21. The highest BCUT2D eigenvalue weighted by molar-refractivity contribution is 6.34. The van der Waals surface area contributed by atoms with Crippen molar-refractivity contribution in [3.05, 3.63) is 60.2 Å². The first-order valence-electron chi connectivity index (χ1n) is 5.01. The zero-order valence-corrected chi connectivity index (χ0v) is 10.5. The van der Waals surface area contributed by atoms with E-state index in [9.17, 15) is 8.78 Å². The molecular weight excluding hydrogens is 281 g/mol. The van der Waals surface area contributed by atoms with Gasteiger partial charge in [0, 0.05) is 29.6 Å². The quantitative estimate of drug-likeness (QED) is 0.600. The maximum absolute atomic E-state index is 13.7. The summed E-state index contributed by atoms with van der Waals surface area (Å²) >= 11 is 11.4. The molecule has 6 heteroatoms. The molecule has 0 aliphatic heterocycles. The van der Waals surface area contributed by atoms with Crippen LogP contribution in [0, 0.1) is 11.6 Å². The van der Waals surface area contributed by atoms with E-state index >= 15 is 0 Å². The number of hydrogen-bond acceptors (Lipinski definition) is 2. The van der Waals surface area contributed by atoms with Crippen molar-refractivity contribution in [1.82, 2.24) is 4.05 Å². The Labute approximate surface area is 113 Å². The Balaban J connectivity index is 2.49. The number of hydrogen-bond donors (Lipinski definition) is 0. The van der Waals surface area contributed by atoms with E-state index in [4.69, 9.17) is 23.6 Å². The van der Waals surface area contributed by atoms with Crippen molar-refractivity contribution in [1.29, 1.82) is 0 Å². The highest BCUT2D eigenvalue weighted by Gasteiger charge is 2.19. The second-order valence-corrected chi connectivity index (χ2v) is 4.27. The lowest BCUT2D eigenvalue weighted by molar-refractivity contribution is 0.573. The van der Waals surface area contributed by atoms with E-state index in [0.29, 0.717) is 9.73 Å². The van der Waals surface area contributed by atoms with Crippen LogP contribution in [-0.2, 0) is 0 Å². The predicted octanol–water partition coefficient (Wildman–Crippen LogP) is 4.63. The minimum absolute atomic E-state index is 0.0487. The number of halogens is 4. The lowest BCUT2D eigenvalue weighted by Gasteiger charge is -2.26. The summed E-state index contributed by atoms with van der Waals surface area (Å²) in [6, 6.07) is 11.8. The summed E-state index contributed by atoms with van der Waals surface area (Å²) in [5.74, 6) is -1.43. The van der Waals surface area contributed by atoms with Gasteiger partial charge in [-0.05, 0) is 28.3 Å². The molecule has 0 spiro atoms. The van der Waals surface area contributed by atoms with Gasteiger partial charge in [-0.25, -0.2) is 13.8 Å². The largest absolute Gasteiger partial charge is 0.243 e. The van der Waals surface area contributed by atoms with E-state index in [1.807, 2.05) is 0 Å². The van der Waals surface area contributed by atoms with E-state index < -0.39 is 11.6 Å². The Kier molecular flexibility index (Phi) is 4.01. The van der Waals surface area contributed by atoms with Crippen LogP contribution in [0.5, 0.6) is 0 Å². The number of anilines is 2. The van der Waals surface area contributed by atoms with Crippen molar-refractivity contribution in [2.45, 2.75) is 0 Å². The Hall–Kier alpha value is -1.36. The van der Waals surface area contributed by atoms with Gasteiger partial charge in [0.15, 0.2) is 5.82 Å². The molecule has 2 nitrogen and oxygen atoms in total.